The van der Waals surface area contributed by atoms with E-state index in [9.17, 15) is 5.11 Å². The molecule has 4 nitrogen and oxygen atoms in total. The minimum absolute atomic E-state index is 0.0441. The molecule has 4 heteroatoms. The maximum atomic E-state index is 9.41. The van der Waals surface area contributed by atoms with Crippen molar-refractivity contribution in [2.45, 2.75) is 19.9 Å². The number of para-hydroxylation sites is 1. The van der Waals surface area contributed by atoms with Gasteiger partial charge in [0.1, 0.15) is 11.8 Å². The summed E-state index contributed by atoms with van der Waals surface area (Å²) < 4.78 is 0. The molecule has 0 bridgehead atoms. The molecule has 0 aliphatic carbocycles. The van der Waals surface area contributed by atoms with Crippen LogP contribution in [-0.4, -0.2) is 22.7 Å². The van der Waals surface area contributed by atoms with E-state index in [4.69, 9.17) is 5.26 Å². The monoisotopic (exact) mass is 255 g/mol. The average molecular weight is 255 g/mol. The molecular formula is C15H17N3O. The van der Waals surface area contributed by atoms with Crippen LogP contribution in [0.25, 0.3) is 10.9 Å². The molecule has 0 amide bonds. The first-order chi connectivity index (χ1) is 9.15. The van der Waals surface area contributed by atoms with Crippen molar-refractivity contribution in [1.29, 1.82) is 5.26 Å². The predicted octanol–water partition coefficient (Wildman–Crippen LogP) is 2.54. The number of nitrogens with zero attached hydrogens (tertiary/aromatic N) is 2. The van der Waals surface area contributed by atoms with Crippen LogP contribution in [0.2, 0.25) is 0 Å². The molecule has 0 aliphatic rings. The van der Waals surface area contributed by atoms with Gasteiger partial charge in [0.25, 0.3) is 0 Å². The first-order valence-corrected chi connectivity index (χ1v) is 6.33. The van der Waals surface area contributed by atoms with Crippen LogP contribution in [0.4, 0.5) is 5.69 Å². The van der Waals surface area contributed by atoms with Crippen LogP contribution in [0.1, 0.15) is 19.5 Å². The van der Waals surface area contributed by atoms with Crippen LogP contribution < -0.4 is 5.32 Å². The second-order valence-electron chi connectivity index (χ2n) is 4.86. The van der Waals surface area contributed by atoms with Crippen LogP contribution >= 0.6 is 0 Å². The summed E-state index contributed by atoms with van der Waals surface area (Å²) in [5.41, 5.74) is 2.00. The van der Waals surface area contributed by atoms with Gasteiger partial charge in [0.2, 0.25) is 0 Å². The van der Waals surface area contributed by atoms with Gasteiger partial charge < -0.3 is 10.4 Å². The predicted molar refractivity (Wildman–Crippen MR) is 75.8 cm³/mol. The molecule has 98 valence electrons. The van der Waals surface area contributed by atoms with E-state index in [2.05, 4.69) is 16.4 Å². The van der Waals surface area contributed by atoms with Crippen molar-refractivity contribution in [2.75, 3.05) is 11.9 Å². The van der Waals surface area contributed by atoms with Gasteiger partial charge >= 0.3 is 0 Å². The number of aromatic nitrogens is 1. The van der Waals surface area contributed by atoms with Crippen LogP contribution in [0.5, 0.6) is 0 Å². The van der Waals surface area contributed by atoms with Gasteiger partial charge in [-0.1, -0.05) is 32.0 Å². The number of fused-ring (bicyclic) bond motifs is 1. The fourth-order valence-corrected chi connectivity index (χ4v) is 1.97. The SMILES string of the molecule is CC(C)[C@@H](CO)Nc1cc(C#N)nc2ccccc12. The van der Waals surface area contributed by atoms with Gasteiger partial charge in [0.15, 0.2) is 0 Å². The highest BCUT2D eigenvalue weighted by molar-refractivity contribution is 5.91. The number of nitriles is 1. The summed E-state index contributed by atoms with van der Waals surface area (Å²) >= 11 is 0. The molecule has 19 heavy (non-hydrogen) atoms. The van der Waals surface area contributed by atoms with Crippen LogP contribution in [0.15, 0.2) is 30.3 Å². The fraction of sp³-hybridized carbons (Fsp3) is 0.333. The van der Waals surface area contributed by atoms with E-state index in [0.717, 1.165) is 16.6 Å². The first kappa shape index (κ1) is 13.3. The normalized spacial score (nSPS) is 12.4. The van der Waals surface area contributed by atoms with Crippen molar-refractivity contribution in [2.24, 2.45) is 5.92 Å². The molecule has 0 unspecified atom stereocenters. The molecule has 0 saturated heterocycles. The molecule has 0 saturated carbocycles. The average Bonchev–Trinajstić information content (AvgIpc) is 2.43. The topological polar surface area (TPSA) is 68.9 Å². The van der Waals surface area contributed by atoms with Gasteiger partial charge in [-0.15, -0.1) is 0 Å². The van der Waals surface area contributed by atoms with Gasteiger partial charge in [0, 0.05) is 11.1 Å². The third-order valence-corrected chi connectivity index (χ3v) is 3.17. The number of benzene rings is 1. The first-order valence-electron chi connectivity index (χ1n) is 6.33. The van der Waals surface area contributed by atoms with Gasteiger partial charge in [-0.2, -0.15) is 5.26 Å². The smallest absolute Gasteiger partial charge is 0.143 e. The van der Waals surface area contributed by atoms with E-state index in [1.807, 2.05) is 38.1 Å². The van der Waals surface area contributed by atoms with Gasteiger partial charge in [-0.25, -0.2) is 4.98 Å². The van der Waals surface area contributed by atoms with E-state index in [1.165, 1.54) is 0 Å². The van der Waals surface area contributed by atoms with Crippen LogP contribution in [0.3, 0.4) is 0 Å². The van der Waals surface area contributed by atoms with Crippen molar-refractivity contribution in [3.8, 4) is 6.07 Å². The molecule has 2 N–H and O–H groups in total. The van der Waals surface area contributed by atoms with E-state index in [1.54, 1.807) is 6.07 Å². The number of aliphatic hydroxyl groups is 1. The zero-order valence-corrected chi connectivity index (χ0v) is 11.1. The van der Waals surface area contributed by atoms with Crippen molar-refractivity contribution in [3.05, 3.63) is 36.0 Å². The zero-order valence-electron chi connectivity index (χ0n) is 11.1. The Bertz CT molecular complexity index is 616. The molecule has 0 radical (unpaired) electrons. The highest BCUT2D eigenvalue weighted by Gasteiger charge is 2.14. The lowest BCUT2D eigenvalue weighted by Gasteiger charge is -2.22. The van der Waals surface area contributed by atoms with Gasteiger partial charge in [-0.3, -0.25) is 0 Å². The lowest BCUT2D eigenvalue weighted by molar-refractivity contribution is 0.249. The van der Waals surface area contributed by atoms with Gasteiger partial charge in [-0.05, 0) is 18.1 Å². The second-order valence-corrected chi connectivity index (χ2v) is 4.86. The van der Waals surface area contributed by atoms with Gasteiger partial charge in [0.05, 0.1) is 18.2 Å². The Labute approximate surface area is 112 Å². The summed E-state index contributed by atoms with van der Waals surface area (Å²) in [5, 5.41) is 22.7. The number of aliphatic hydroxyl groups excluding tert-OH is 1. The Balaban J connectivity index is 2.49. The Kier molecular flexibility index (Phi) is 3.98. The number of nitrogens with one attached hydrogen (secondary N) is 1. The standard InChI is InChI=1S/C15H17N3O/c1-10(2)15(9-19)18-14-7-11(8-16)17-13-6-4-3-5-12(13)14/h3-7,10,15,19H,9H2,1-2H3,(H,17,18)/t15-/m1/s1. The Morgan fingerprint density at radius 3 is 2.74 bits per heavy atom. The van der Waals surface area contributed by atoms with Crippen molar-refractivity contribution < 1.29 is 5.11 Å². The Morgan fingerprint density at radius 2 is 2.11 bits per heavy atom. The number of anilines is 1. The van der Waals surface area contributed by atoms with E-state index in [0.29, 0.717) is 11.6 Å². The zero-order chi connectivity index (χ0) is 13.8. The maximum absolute atomic E-state index is 9.41. The highest BCUT2D eigenvalue weighted by atomic mass is 16.3. The van der Waals surface area contributed by atoms with Crippen molar-refractivity contribution >= 4 is 16.6 Å². The summed E-state index contributed by atoms with van der Waals surface area (Å²) in [6.45, 7) is 4.14. The molecule has 1 aromatic carbocycles. The van der Waals surface area contributed by atoms with Crippen LogP contribution in [0, 0.1) is 17.2 Å². The lowest BCUT2D eigenvalue weighted by Crippen LogP contribution is -2.29. The summed E-state index contributed by atoms with van der Waals surface area (Å²) in [6, 6.07) is 11.4. The molecule has 2 rings (SSSR count). The van der Waals surface area contributed by atoms with E-state index >= 15 is 0 Å². The largest absolute Gasteiger partial charge is 0.394 e. The maximum Gasteiger partial charge on any atom is 0.143 e. The van der Waals surface area contributed by atoms with Crippen LogP contribution in [-0.2, 0) is 0 Å². The number of rotatable bonds is 4. The fourth-order valence-electron chi connectivity index (χ4n) is 1.97. The molecular weight excluding hydrogens is 238 g/mol. The van der Waals surface area contributed by atoms with E-state index < -0.39 is 0 Å². The molecule has 0 spiro atoms. The molecule has 1 atom stereocenters. The second kappa shape index (κ2) is 5.68. The van der Waals surface area contributed by atoms with Crippen molar-refractivity contribution in [1.82, 2.24) is 4.98 Å². The highest BCUT2D eigenvalue weighted by Crippen LogP contribution is 2.24. The Morgan fingerprint density at radius 1 is 1.37 bits per heavy atom. The Hall–Kier alpha value is -2.12. The molecule has 0 aliphatic heterocycles. The summed E-state index contributed by atoms with van der Waals surface area (Å²) in [5.74, 6) is 0.294. The number of pyridine rings is 1. The molecule has 1 aromatic heterocycles. The molecule has 1 heterocycles. The third kappa shape index (κ3) is 2.83. The molecule has 2 aromatic rings. The van der Waals surface area contributed by atoms with Crippen molar-refractivity contribution in [3.63, 3.8) is 0 Å². The summed E-state index contributed by atoms with van der Waals surface area (Å²) in [7, 11) is 0. The summed E-state index contributed by atoms with van der Waals surface area (Å²) in [4.78, 5) is 4.27. The minimum Gasteiger partial charge on any atom is -0.394 e. The number of hydrogen-bond donors (Lipinski definition) is 2. The lowest BCUT2D eigenvalue weighted by atomic mass is 10.0. The molecule has 0 fully saturated rings. The minimum atomic E-state index is -0.0441. The number of hydrogen-bond acceptors (Lipinski definition) is 4. The quantitative estimate of drug-likeness (QED) is 0.880. The van der Waals surface area contributed by atoms with E-state index in [-0.39, 0.29) is 12.6 Å². The summed E-state index contributed by atoms with van der Waals surface area (Å²) in [6.07, 6.45) is 0. The third-order valence-electron chi connectivity index (χ3n) is 3.17.